The van der Waals surface area contributed by atoms with E-state index < -0.39 is 15.6 Å². The molecule has 2 heterocycles. The highest BCUT2D eigenvalue weighted by Gasteiger charge is 2.29. The summed E-state index contributed by atoms with van der Waals surface area (Å²) in [4.78, 5) is 14.1. The zero-order valence-electron chi connectivity index (χ0n) is 12.9. The van der Waals surface area contributed by atoms with Crippen LogP contribution in [0.4, 0.5) is 0 Å². The van der Waals surface area contributed by atoms with Gasteiger partial charge in [0.15, 0.2) is 0 Å². The van der Waals surface area contributed by atoms with Gasteiger partial charge in [-0.3, -0.25) is 4.79 Å². The van der Waals surface area contributed by atoms with E-state index in [0.717, 1.165) is 12.8 Å². The minimum Gasteiger partial charge on any atom is -0.345 e. The molecular formula is C14H22N4O3S. The molecule has 0 fully saturated rings. The maximum absolute atomic E-state index is 12.4. The highest BCUT2D eigenvalue weighted by molar-refractivity contribution is 7.90. The van der Waals surface area contributed by atoms with Gasteiger partial charge in [0.2, 0.25) is 0 Å². The number of rotatable bonds is 5. The molecule has 122 valence electrons. The topological polar surface area (TPSA) is 105 Å². The van der Waals surface area contributed by atoms with Crippen molar-refractivity contribution in [2.24, 2.45) is 10.1 Å². The molecule has 2 aliphatic heterocycles. The van der Waals surface area contributed by atoms with Crippen molar-refractivity contribution in [1.29, 1.82) is 0 Å². The number of fused-ring (bicyclic) bond motifs is 1. The van der Waals surface area contributed by atoms with Gasteiger partial charge in [0.25, 0.3) is 15.9 Å². The number of sulfonamides is 1. The fourth-order valence-corrected chi connectivity index (χ4v) is 3.38. The van der Waals surface area contributed by atoms with Crippen LogP contribution in [0.2, 0.25) is 0 Å². The summed E-state index contributed by atoms with van der Waals surface area (Å²) in [6.07, 6.45) is 6.26. The van der Waals surface area contributed by atoms with Crippen LogP contribution in [0.3, 0.4) is 0 Å². The molecule has 0 unspecified atom stereocenters. The molecule has 3 N–H and O–H groups in total. The van der Waals surface area contributed by atoms with Crippen molar-refractivity contribution in [3.63, 3.8) is 0 Å². The Morgan fingerprint density at radius 2 is 2.09 bits per heavy atom. The summed E-state index contributed by atoms with van der Waals surface area (Å²) in [5.41, 5.74) is 5.85. The quantitative estimate of drug-likeness (QED) is 0.746. The standard InChI is InChI=1S/C14H22N4O3S/c1-3-14(4-2,10-15)16-13(19)11-5-6-12-17-22(20,21)8-7-18(12)9-11/h5-6,9H,3-4,7-8,10,15H2,1-2H3,(H,16,19). The molecule has 1 amide bonds. The lowest BCUT2D eigenvalue weighted by atomic mass is 9.92. The predicted octanol–water partition coefficient (Wildman–Crippen LogP) is 0.118. The van der Waals surface area contributed by atoms with Crippen molar-refractivity contribution in [3.05, 3.63) is 23.9 Å². The Morgan fingerprint density at radius 3 is 2.68 bits per heavy atom. The van der Waals surface area contributed by atoms with Gasteiger partial charge in [0.05, 0.1) is 16.9 Å². The molecule has 2 aliphatic rings. The molecule has 8 heteroatoms. The normalized spacial score (nSPS) is 20.0. The second-order valence-electron chi connectivity index (χ2n) is 5.49. The second kappa shape index (κ2) is 6.21. The van der Waals surface area contributed by atoms with Gasteiger partial charge in [-0.15, -0.1) is 4.40 Å². The van der Waals surface area contributed by atoms with Gasteiger partial charge in [-0.2, -0.15) is 0 Å². The van der Waals surface area contributed by atoms with Gasteiger partial charge in [-0.1, -0.05) is 13.8 Å². The molecule has 0 aromatic heterocycles. The molecule has 0 radical (unpaired) electrons. The molecular weight excluding hydrogens is 304 g/mol. The first kappa shape index (κ1) is 16.7. The van der Waals surface area contributed by atoms with Crippen LogP contribution in [0.15, 0.2) is 28.3 Å². The van der Waals surface area contributed by atoms with Crippen LogP contribution in [0.1, 0.15) is 26.7 Å². The van der Waals surface area contributed by atoms with E-state index in [9.17, 15) is 13.2 Å². The van der Waals surface area contributed by atoms with Gasteiger partial charge in [0, 0.05) is 19.3 Å². The van der Waals surface area contributed by atoms with Crippen molar-refractivity contribution in [2.75, 3.05) is 18.8 Å². The number of carbonyl (C=O) groups excluding carboxylic acids is 1. The first-order valence-corrected chi connectivity index (χ1v) is 8.97. The molecule has 22 heavy (non-hydrogen) atoms. The maximum atomic E-state index is 12.4. The third-order valence-electron chi connectivity index (χ3n) is 4.21. The zero-order chi connectivity index (χ0) is 16.4. The monoisotopic (exact) mass is 326 g/mol. The van der Waals surface area contributed by atoms with Crippen molar-refractivity contribution >= 4 is 21.8 Å². The Morgan fingerprint density at radius 1 is 1.41 bits per heavy atom. The number of nitrogens with two attached hydrogens (primary N) is 1. The van der Waals surface area contributed by atoms with E-state index in [4.69, 9.17) is 5.73 Å². The van der Waals surface area contributed by atoms with E-state index in [1.165, 1.54) is 0 Å². The molecule has 0 aliphatic carbocycles. The fraction of sp³-hybridized carbons (Fsp3) is 0.571. The van der Waals surface area contributed by atoms with E-state index in [-0.39, 0.29) is 11.7 Å². The first-order valence-electron chi connectivity index (χ1n) is 7.36. The lowest BCUT2D eigenvalue weighted by molar-refractivity contribution is -0.119. The van der Waals surface area contributed by atoms with E-state index in [2.05, 4.69) is 9.71 Å². The van der Waals surface area contributed by atoms with Crippen LogP contribution in [0.25, 0.3) is 0 Å². The minimum absolute atomic E-state index is 0.0492. The largest absolute Gasteiger partial charge is 0.345 e. The van der Waals surface area contributed by atoms with Crippen LogP contribution in [0, 0.1) is 0 Å². The summed E-state index contributed by atoms with van der Waals surface area (Å²) < 4.78 is 26.6. The molecule has 0 aromatic rings. The average molecular weight is 326 g/mol. The number of amidine groups is 1. The lowest BCUT2D eigenvalue weighted by Gasteiger charge is -2.33. The molecule has 7 nitrogen and oxygen atoms in total. The number of amides is 1. The molecule has 0 bridgehead atoms. The van der Waals surface area contributed by atoms with Gasteiger partial charge in [-0.25, -0.2) is 8.42 Å². The third-order valence-corrected chi connectivity index (χ3v) is 5.37. The average Bonchev–Trinajstić information content (AvgIpc) is 2.51. The smallest absolute Gasteiger partial charge is 0.256 e. The third kappa shape index (κ3) is 3.38. The lowest BCUT2D eigenvalue weighted by Crippen LogP contribution is -2.53. The maximum Gasteiger partial charge on any atom is 0.256 e. The Hall–Kier alpha value is -1.67. The minimum atomic E-state index is -3.38. The van der Waals surface area contributed by atoms with E-state index in [0.29, 0.717) is 24.5 Å². The van der Waals surface area contributed by atoms with Crippen LogP contribution in [-0.4, -0.2) is 49.4 Å². The first-order chi connectivity index (χ1) is 10.3. The SMILES string of the molecule is CCC(CC)(CN)NC(=O)C1=CN2CCS(=O)(=O)N=C2C=C1. The molecule has 0 aromatic carbocycles. The van der Waals surface area contributed by atoms with E-state index in [1.807, 2.05) is 13.8 Å². The number of hydrogen-bond donors (Lipinski definition) is 2. The highest BCUT2D eigenvalue weighted by atomic mass is 32.2. The van der Waals surface area contributed by atoms with Gasteiger partial charge in [0.1, 0.15) is 5.84 Å². The van der Waals surface area contributed by atoms with Crippen molar-refractivity contribution in [1.82, 2.24) is 10.2 Å². The van der Waals surface area contributed by atoms with Crippen molar-refractivity contribution < 1.29 is 13.2 Å². The Bertz CT molecular complexity index is 637. The van der Waals surface area contributed by atoms with Gasteiger partial charge >= 0.3 is 0 Å². The van der Waals surface area contributed by atoms with Crippen LogP contribution in [0.5, 0.6) is 0 Å². The fourth-order valence-electron chi connectivity index (χ4n) is 2.41. The number of nitrogens with zero attached hydrogens (tertiary/aromatic N) is 2. The highest BCUT2D eigenvalue weighted by Crippen LogP contribution is 2.18. The van der Waals surface area contributed by atoms with Crippen molar-refractivity contribution in [2.45, 2.75) is 32.2 Å². The van der Waals surface area contributed by atoms with Gasteiger partial charge < -0.3 is 16.0 Å². The Balaban J connectivity index is 2.17. The summed E-state index contributed by atoms with van der Waals surface area (Å²) in [6.45, 7) is 4.65. The molecule has 0 saturated heterocycles. The molecule has 0 atom stereocenters. The van der Waals surface area contributed by atoms with E-state index >= 15 is 0 Å². The molecule has 0 spiro atoms. The molecule has 0 saturated carbocycles. The number of hydrogen-bond acceptors (Lipinski definition) is 5. The van der Waals surface area contributed by atoms with Crippen LogP contribution < -0.4 is 11.1 Å². The molecule has 2 rings (SSSR count). The Kier molecular flexibility index (Phi) is 4.72. The van der Waals surface area contributed by atoms with E-state index in [1.54, 1.807) is 23.3 Å². The zero-order valence-corrected chi connectivity index (χ0v) is 13.7. The van der Waals surface area contributed by atoms with Gasteiger partial charge in [-0.05, 0) is 25.0 Å². The summed E-state index contributed by atoms with van der Waals surface area (Å²) in [7, 11) is -3.38. The summed E-state index contributed by atoms with van der Waals surface area (Å²) >= 11 is 0. The van der Waals surface area contributed by atoms with Crippen LogP contribution >= 0.6 is 0 Å². The predicted molar refractivity (Wildman–Crippen MR) is 85.7 cm³/mol. The second-order valence-corrected chi connectivity index (χ2v) is 7.25. The number of nitrogens with one attached hydrogen (secondary N) is 1. The summed E-state index contributed by atoms with van der Waals surface area (Å²) in [6, 6.07) is 0. The summed E-state index contributed by atoms with van der Waals surface area (Å²) in [5, 5.41) is 2.99. The number of carbonyl (C=O) groups is 1. The van der Waals surface area contributed by atoms with Crippen LogP contribution in [-0.2, 0) is 14.8 Å². The summed E-state index contributed by atoms with van der Waals surface area (Å²) in [5.74, 6) is 0.0867. The van der Waals surface area contributed by atoms with Crippen molar-refractivity contribution in [3.8, 4) is 0 Å². The Labute approximate surface area is 131 Å².